The number of para-hydroxylation sites is 3. The molecule has 7 rings (SSSR count). The quantitative estimate of drug-likeness (QED) is 0.0739. The summed E-state index contributed by atoms with van der Waals surface area (Å²) in [5.74, 6) is -0.101. The molecule has 0 bridgehead atoms. The van der Waals surface area contributed by atoms with Gasteiger partial charge in [-0.25, -0.2) is 0 Å². The molecule has 294 valence electrons. The van der Waals surface area contributed by atoms with E-state index in [9.17, 15) is 19.5 Å². The molecule has 3 heterocycles. The van der Waals surface area contributed by atoms with Crippen molar-refractivity contribution in [1.82, 2.24) is 10.2 Å². The Balaban J connectivity index is 0.949. The number of nitrogens with zero attached hydrogens (tertiary/aromatic N) is 2. The van der Waals surface area contributed by atoms with Crippen LogP contribution in [0.4, 0.5) is 22.7 Å². The van der Waals surface area contributed by atoms with Crippen molar-refractivity contribution < 1.29 is 29.0 Å². The first-order valence-corrected chi connectivity index (χ1v) is 19.7. The van der Waals surface area contributed by atoms with Gasteiger partial charge in [0.1, 0.15) is 5.54 Å². The normalized spacial score (nSPS) is 20.8. The predicted molar refractivity (Wildman–Crippen MR) is 216 cm³/mol. The molecular weight excluding hydrogens is 709 g/mol. The minimum Gasteiger partial charge on any atom is -0.397 e. The summed E-state index contributed by atoms with van der Waals surface area (Å²) >= 11 is 0. The zero-order valence-electron chi connectivity index (χ0n) is 31.7. The molecule has 4 aromatic rings. The van der Waals surface area contributed by atoms with Gasteiger partial charge in [0.2, 0.25) is 17.7 Å². The molecular formula is C44H52N6O6. The van der Waals surface area contributed by atoms with Gasteiger partial charge < -0.3 is 46.1 Å². The van der Waals surface area contributed by atoms with E-state index in [4.69, 9.17) is 15.2 Å². The summed E-state index contributed by atoms with van der Waals surface area (Å²) < 4.78 is 13.3. The van der Waals surface area contributed by atoms with Gasteiger partial charge in [-0.15, -0.1) is 0 Å². The number of unbranched alkanes of at least 4 members (excludes halogenated alkanes) is 2. The van der Waals surface area contributed by atoms with Gasteiger partial charge in [0, 0.05) is 55.8 Å². The van der Waals surface area contributed by atoms with Crippen LogP contribution in [0.3, 0.4) is 0 Å². The topological polar surface area (TPSA) is 158 Å². The van der Waals surface area contributed by atoms with E-state index in [0.717, 1.165) is 41.9 Å². The number of aliphatic hydroxyl groups is 1. The van der Waals surface area contributed by atoms with E-state index in [-0.39, 0.29) is 36.5 Å². The number of carbonyl (C=O) groups excluding carboxylic acids is 3. The number of nitrogens with one attached hydrogen (secondary N) is 3. The number of amides is 3. The Morgan fingerprint density at radius 3 is 2.27 bits per heavy atom. The average molecular weight is 761 g/mol. The number of anilines is 4. The standard InChI is InChI=1S/C44H52N6O6/c45-37-14-7-8-15-38(37)48-41(53)17-6-2-5-16-40(52)47-34-11-9-10-33(26-34)42-55-36(27-39(56-42)32-20-18-31(29-51)19-21-32)28-49-24-22-44(23-25-49)43(54)46-30-50(44)35-12-3-1-4-13-35/h1,3-4,7-15,18-21,26,36,39,42,51H,2,5-6,16-17,22-25,27-30,45H2,(H,46,54)(H,47,52)(H,48,53)/t36-,39+,42+/m0/s1. The molecule has 4 aromatic carbocycles. The van der Waals surface area contributed by atoms with Crippen molar-refractivity contribution in [3.63, 3.8) is 0 Å². The fourth-order valence-electron chi connectivity index (χ4n) is 8.02. The summed E-state index contributed by atoms with van der Waals surface area (Å²) in [6.45, 7) is 2.68. The summed E-state index contributed by atoms with van der Waals surface area (Å²) in [7, 11) is 0. The van der Waals surface area contributed by atoms with E-state index in [1.165, 1.54) is 0 Å². The first kappa shape index (κ1) is 39.0. The third-order valence-electron chi connectivity index (χ3n) is 11.2. The minimum absolute atomic E-state index is 0.0311. The van der Waals surface area contributed by atoms with Crippen LogP contribution in [0.25, 0.3) is 0 Å². The van der Waals surface area contributed by atoms with Gasteiger partial charge in [0.25, 0.3) is 0 Å². The monoisotopic (exact) mass is 760 g/mol. The van der Waals surface area contributed by atoms with Crippen LogP contribution < -0.4 is 26.6 Å². The molecule has 6 N–H and O–H groups in total. The maximum Gasteiger partial charge on any atom is 0.247 e. The number of hydrogen-bond acceptors (Lipinski definition) is 9. The largest absolute Gasteiger partial charge is 0.397 e. The number of rotatable bonds is 14. The van der Waals surface area contributed by atoms with E-state index in [1.54, 1.807) is 12.1 Å². The van der Waals surface area contributed by atoms with Gasteiger partial charge in [-0.3, -0.25) is 14.4 Å². The van der Waals surface area contributed by atoms with Gasteiger partial charge in [0.15, 0.2) is 6.29 Å². The maximum atomic E-state index is 13.3. The van der Waals surface area contributed by atoms with Gasteiger partial charge >= 0.3 is 0 Å². The Hall–Kier alpha value is -5.27. The first-order chi connectivity index (χ1) is 27.3. The smallest absolute Gasteiger partial charge is 0.247 e. The molecule has 12 nitrogen and oxygen atoms in total. The molecule has 0 radical (unpaired) electrons. The highest BCUT2D eigenvalue weighted by atomic mass is 16.7. The van der Waals surface area contributed by atoms with E-state index in [0.29, 0.717) is 75.2 Å². The lowest BCUT2D eigenvalue weighted by Gasteiger charge is -2.45. The number of piperidine rings is 1. The van der Waals surface area contributed by atoms with E-state index in [1.807, 2.05) is 78.9 Å². The SMILES string of the molecule is Nc1ccccc1NC(=O)CCCCCC(=O)Nc1cccc([C@@H]2O[C@H](CN3CCC4(CC3)C(=O)NCN4c3ccccc3)C[C@H](c3ccc(CO)cc3)O2)c1. The van der Waals surface area contributed by atoms with Crippen molar-refractivity contribution in [3.05, 3.63) is 120 Å². The molecule has 0 aliphatic carbocycles. The van der Waals surface area contributed by atoms with E-state index < -0.39 is 11.8 Å². The summed E-state index contributed by atoms with van der Waals surface area (Å²) in [6, 6.07) is 32.7. The van der Waals surface area contributed by atoms with Gasteiger partial charge in [-0.2, -0.15) is 0 Å². The highest BCUT2D eigenvalue weighted by Crippen LogP contribution is 2.40. The average Bonchev–Trinajstić information content (AvgIpc) is 3.54. The molecule has 12 heteroatoms. The third-order valence-corrected chi connectivity index (χ3v) is 11.2. The lowest BCUT2D eigenvalue weighted by Crippen LogP contribution is -2.57. The van der Waals surface area contributed by atoms with Gasteiger partial charge in [0.05, 0.1) is 36.9 Å². The van der Waals surface area contributed by atoms with Crippen LogP contribution in [-0.2, 0) is 30.5 Å². The van der Waals surface area contributed by atoms with Crippen LogP contribution in [-0.4, -0.2) is 65.7 Å². The highest BCUT2D eigenvalue weighted by molar-refractivity contribution is 5.94. The van der Waals surface area contributed by atoms with Crippen LogP contribution in [0.15, 0.2) is 103 Å². The van der Waals surface area contributed by atoms with Crippen LogP contribution in [0.2, 0.25) is 0 Å². The minimum atomic E-state index is -0.671. The number of nitrogens with two attached hydrogens (primary N) is 1. The van der Waals surface area contributed by atoms with Crippen molar-refractivity contribution in [3.8, 4) is 0 Å². The van der Waals surface area contributed by atoms with Crippen LogP contribution >= 0.6 is 0 Å². The van der Waals surface area contributed by atoms with Crippen molar-refractivity contribution in [1.29, 1.82) is 0 Å². The summed E-state index contributed by atoms with van der Waals surface area (Å²) in [4.78, 5) is 43.1. The number of benzene rings is 4. The fourth-order valence-corrected chi connectivity index (χ4v) is 8.02. The van der Waals surface area contributed by atoms with E-state index in [2.05, 4.69) is 37.9 Å². The molecule has 0 saturated carbocycles. The summed E-state index contributed by atoms with van der Waals surface area (Å²) in [5, 5.41) is 18.6. The molecule has 3 fully saturated rings. The van der Waals surface area contributed by atoms with Crippen molar-refractivity contribution in [2.24, 2.45) is 0 Å². The number of likely N-dealkylation sites (tertiary alicyclic amines) is 1. The Morgan fingerprint density at radius 2 is 1.54 bits per heavy atom. The zero-order chi connectivity index (χ0) is 38.9. The van der Waals surface area contributed by atoms with Gasteiger partial charge in [-0.05, 0) is 73.2 Å². The molecule has 3 aliphatic rings. The third kappa shape index (κ3) is 9.39. The second kappa shape index (κ2) is 18.1. The Bertz CT molecular complexity index is 1950. The molecule has 3 aliphatic heterocycles. The summed E-state index contributed by atoms with van der Waals surface area (Å²) in [6.07, 6.45) is 3.77. The molecule has 1 spiro atoms. The van der Waals surface area contributed by atoms with Crippen molar-refractivity contribution in [2.75, 3.05) is 47.6 Å². The van der Waals surface area contributed by atoms with Crippen molar-refractivity contribution in [2.45, 2.75) is 82.0 Å². The molecule has 3 atom stereocenters. The van der Waals surface area contributed by atoms with E-state index >= 15 is 0 Å². The number of carbonyl (C=O) groups is 3. The molecule has 56 heavy (non-hydrogen) atoms. The number of aliphatic hydroxyl groups excluding tert-OH is 1. The van der Waals surface area contributed by atoms with Crippen LogP contribution in [0, 0.1) is 0 Å². The van der Waals surface area contributed by atoms with Crippen LogP contribution in [0.1, 0.15) is 80.5 Å². The molecule has 3 saturated heterocycles. The molecule has 3 amide bonds. The predicted octanol–water partition coefficient (Wildman–Crippen LogP) is 6.26. The lowest BCUT2D eigenvalue weighted by molar-refractivity contribution is -0.253. The lowest BCUT2D eigenvalue weighted by atomic mass is 9.85. The second-order valence-electron chi connectivity index (χ2n) is 15.0. The number of ether oxygens (including phenoxy) is 2. The Kier molecular flexibility index (Phi) is 12.6. The van der Waals surface area contributed by atoms with Crippen molar-refractivity contribution >= 4 is 40.5 Å². The zero-order valence-corrected chi connectivity index (χ0v) is 31.7. The highest BCUT2D eigenvalue weighted by Gasteiger charge is 2.50. The summed E-state index contributed by atoms with van der Waals surface area (Å²) in [5.41, 5.74) is 10.8. The van der Waals surface area contributed by atoms with Crippen LogP contribution in [0.5, 0.6) is 0 Å². The number of hydrogen-bond donors (Lipinski definition) is 5. The Labute approximate surface area is 328 Å². The maximum absolute atomic E-state index is 13.3. The number of nitrogen functional groups attached to an aromatic ring is 1. The molecule has 0 unspecified atom stereocenters. The fraction of sp³-hybridized carbons (Fsp3) is 0.386. The second-order valence-corrected chi connectivity index (χ2v) is 15.0. The first-order valence-electron chi connectivity index (χ1n) is 19.7. The Morgan fingerprint density at radius 1 is 0.821 bits per heavy atom. The van der Waals surface area contributed by atoms with Gasteiger partial charge in [-0.1, -0.05) is 73.2 Å². The molecule has 0 aromatic heterocycles.